The van der Waals surface area contributed by atoms with Gasteiger partial charge < -0.3 is 5.32 Å². The number of benzene rings is 1. The molecule has 1 aromatic carbocycles. The summed E-state index contributed by atoms with van der Waals surface area (Å²) in [5.74, 6) is 0. The molecule has 1 atom stereocenters. The molecule has 1 fully saturated rings. The molecule has 0 amide bonds. The van der Waals surface area contributed by atoms with Crippen LogP contribution in [0, 0.1) is 5.41 Å². The van der Waals surface area contributed by atoms with Gasteiger partial charge in [-0.25, -0.2) is 0 Å². The number of alkyl halides is 3. The van der Waals surface area contributed by atoms with Crippen LogP contribution < -0.4 is 5.32 Å². The topological polar surface area (TPSA) is 12.0 Å². The van der Waals surface area contributed by atoms with Crippen LogP contribution in [0.25, 0.3) is 0 Å². The molecule has 4 heteroatoms. The van der Waals surface area contributed by atoms with Crippen molar-refractivity contribution in [1.82, 2.24) is 5.32 Å². The zero-order chi connectivity index (χ0) is 14.8. The highest BCUT2D eigenvalue weighted by molar-refractivity contribution is 5.26. The molecule has 0 heterocycles. The van der Waals surface area contributed by atoms with Gasteiger partial charge in [0.2, 0.25) is 0 Å². The van der Waals surface area contributed by atoms with E-state index in [4.69, 9.17) is 0 Å². The summed E-state index contributed by atoms with van der Waals surface area (Å²) >= 11 is 0. The van der Waals surface area contributed by atoms with Gasteiger partial charge in [0.25, 0.3) is 0 Å². The molecule has 1 nitrogen and oxygen atoms in total. The van der Waals surface area contributed by atoms with Crippen molar-refractivity contribution in [2.24, 2.45) is 5.41 Å². The first kappa shape index (κ1) is 15.4. The third kappa shape index (κ3) is 3.75. The van der Waals surface area contributed by atoms with Crippen LogP contribution in [-0.2, 0) is 6.18 Å². The first-order valence-corrected chi connectivity index (χ1v) is 7.27. The van der Waals surface area contributed by atoms with Gasteiger partial charge in [-0.1, -0.05) is 25.5 Å². The van der Waals surface area contributed by atoms with E-state index in [1.165, 1.54) is 25.7 Å². The van der Waals surface area contributed by atoms with E-state index in [1.54, 1.807) is 12.1 Å². The number of halogens is 3. The highest BCUT2D eigenvalue weighted by Crippen LogP contribution is 2.49. The normalized spacial score (nSPS) is 18.9. The fourth-order valence-corrected chi connectivity index (χ4v) is 2.67. The standard InChI is InChI=1S/C16H22F3N/c1-3-8-15(9-10-15)11-20-12(2)13-4-6-14(7-5-13)16(17,18)19/h4-7,12,20H,3,8-11H2,1-2H3. The Kier molecular flexibility index (Phi) is 4.43. The van der Waals surface area contributed by atoms with E-state index >= 15 is 0 Å². The molecule has 0 bridgehead atoms. The number of hydrogen-bond acceptors (Lipinski definition) is 1. The molecule has 2 rings (SSSR count). The van der Waals surface area contributed by atoms with Crippen LogP contribution >= 0.6 is 0 Å². The minimum absolute atomic E-state index is 0.0895. The molecule has 1 saturated carbocycles. The van der Waals surface area contributed by atoms with Gasteiger partial charge in [-0.05, 0) is 49.3 Å². The van der Waals surface area contributed by atoms with E-state index in [0.29, 0.717) is 5.41 Å². The Morgan fingerprint density at radius 3 is 2.25 bits per heavy atom. The fraction of sp³-hybridized carbons (Fsp3) is 0.625. The Morgan fingerprint density at radius 1 is 1.20 bits per heavy atom. The van der Waals surface area contributed by atoms with Crippen molar-refractivity contribution in [2.75, 3.05) is 6.54 Å². The lowest BCUT2D eigenvalue weighted by Gasteiger charge is -2.20. The molecule has 0 aromatic heterocycles. The third-order valence-corrected chi connectivity index (χ3v) is 4.26. The molecule has 1 aliphatic carbocycles. The Morgan fingerprint density at radius 2 is 1.80 bits per heavy atom. The van der Waals surface area contributed by atoms with Crippen molar-refractivity contribution < 1.29 is 13.2 Å². The third-order valence-electron chi connectivity index (χ3n) is 4.26. The summed E-state index contributed by atoms with van der Waals surface area (Å²) in [5.41, 5.74) is 0.776. The Bertz CT molecular complexity index is 432. The minimum Gasteiger partial charge on any atom is -0.310 e. The molecule has 0 spiro atoms. The second-order valence-corrected chi connectivity index (χ2v) is 5.97. The Balaban J connectivity index is 1.91. The van der Waals surface area contributed by atoms with Crippen LogP contribution in [0.4, 0.5) is 13.2 Å². The van der Waals surface area contributed by atoms with Crippen molar-refractivity contribution >= 4 is 0 Å². The molecule has 0 radical (unpaired) electrons. The highest BCUT2D eigenvalue weighted by atomic mass is 19.4. The average molecular weight is 285 g/mol. The second-order valence-electron chi connectivity index (χ2n) is 5.97. The molecular weight excluding hydrogens is 263 g/mol. The van der Waals surface area contributed by atoms with Crippen LogP contribution in [0.5, 0.6) is 0 Å². The summed E-state index contributed by atoms with van der Waals surface area (Å²) in [6.07, 6.45) is 0.714. The van der Waals surface area contributed by atoms with Gasteiger partial charge in [0.15, 0.2) is 0 Å². The van der Waals surface area contributed by atoms with E-state index < -0.39 is 11.7 Å². The molecule has 0 aliphatic heterocycles. The average Bonchev–Trinajstić information content (AvgIpc) is 3.16. The predicted octanol–water partition coefficient (Wildman–Crippen LogP) is 4.94. The lowest BCUT2D eigenvalue weighted by atomic mass is 9.99. The molecule has 20 heavy (non-hydrogen) atoms. The molecule has 1 aliphatic rings. The number of nitrogens with one attached hydrogen (secondary N) is 1. The summed E-state index contributed by atoms with van der Waals surface area (Å²) in [7, 11) is 0. The van der Waals surface area contributed by atoms with Crippen molar-refractivity contribution in [2.45, 2.75) is 51.7 Å². The monoisotopic (exact) mass is 285 g/mol. The van der Waals surface area contributed by atoms with Crippen molar-refractivity contribution in [3.05, 3.63) is 35.4 Å². The Hall–Kier alpha value is -1.03. The summed E-state index contributed by atoms with van der Waals surface area (Å²) in [6, 6.07) is 5.55. The zero-order valence-electron chi connectivity index (χ0n) is 12.1. The van der Waals surface area contributed by atoms with Crippen LogP contribution in [0.1, 0.15) is 56.7 Å². The maximum absolute atomic E-state index is 12.5. The maximum atomic E-state index is 12.5. The Labute approximate surface area is 118 Å². The first-order valence-electron chi connectivity index (χ1n) is 7.27. The van der Waals surface area contributed by atoms with Crippen molar-refractivity contribution in [3.8, 4) is 0 Å². The number of hydrogen-bond donors (Lipinski definition) is 1. The quantitative estimate of drug-likeness (QED) is 0.781. The maximum Gasteiger partial charge on any atom is 0.416 e. The zero-order valence-corrected chi connectivity index (χ0v) is 12.1. The van der Waals surface area contributed by atoms with E-state index in [-0.39, 0.29) is 6.04 Å². The molecule has 112 valence electrons. The van der Waals surface area contributed by atoms with E-state index in [1.807, 2.05) is 6.92 Å². The summed E-state index contributed by atoms with van der Waals surface area (Å²) in [4.78, 5) is 0. The van der Waals surface area contributed by atoms with Crippen LogP contribution in [0.15, 0.2) is 24.3 Å². The lowest BCUT2D eigenvalue weighted by molar-refractivity contribution is -0.137. The highest BCUT2D eigenvalue weighted by Gasteiger charge is 2.41. The number of rotatable bonds is 6. The van der Waals surface area contributed by atoms with Gasteiger partial charge in [-0.3, -0.25) is 0 Å². The van der Waals surface area contributed by atoms with Crippen LogP contribution in [0.3, 0.4) is 0 Å². The fourth-order valence-electron chi connectivity index (χ4n) is 2.67. The van der Waals surface area contributed by atoms with Gasteiger partial charge in [-0.15, -0.1) is 0 Å². The van der Waals surface area contributed by atoms with E-state index in [2.05, 4.69) is 12.2 Å². The largest absolute Gasteiger partial charge is 0.416 e. The summed E-state index contributed by atoms with van der Waals surface area (Å²) in [5, 5.41) is 3.46. The van der Waals surface area contributed by atoms with Gasteiger partial charge >= 0.3 is 6.18 Å². The van der Waals surface area contributed by atoms with E-state index in [9.17, 15) is 13.2 Å². The van der Waals surface area contributed by atoms with Crippen molar-refractivity contribution in [3.63, 3.8) is 0 Å². The van der Waals surface area contributed by atoms with Gasteiger partial charge in [0.1, 0.15) is 0 Å². The lowest BCUT2D eigenvalue weighted by Crippen LogP contribution is -2.26. The molecule has 1 aromatic rings. The summed E-state index contributed by atoms with van der Waals surface area (Å²) in [6.45, 7) is 5.16. The van der Waals surface area contributed by atoms with E-state index in [0.717, 1.165) is 24.2 Å². The van der Waals surface area contributed by atoms with Gasteiger partial charge in [-0.2, -0.15) is 13.2 Å². The van der Waals surface area contributed by atoms with Gasteiger partial charge in [0, 0.05) is 12.6 Å². The van der Waals surface area contributed by atoms with Crippen LogP contribution in [0.2, 0.25) is 0 Å². The summed E-state index contributed by atoms with van der Waals surface area (Å²) < 4.78 is 37.5. The minimum atomic E-state index is -4.26. The SMILES string of the molecule is CCCC1(CNC(C)c2ccc(C(F)(F)F)cc2)CC1. The predicted molar refractivity (Wildman–Crippen MR) is 74.4 cm³/mol. The van der Waals surface area contributed by atoms with Gasteiger partial charge in [0.05, 0.1) is 5.56 Å². The van der Waals surface area contributed by atoms with Crippen LogP contribution in [-0.4, -0.2) is 6.54 Å². The second kappa shape index (κ2) is 5.76. The molecular formula is C16H22F3N. The smallest absolute Gasteiger partial charge is 0.310 e. The van der Waals surface area contributed by atoms with Crippen molar-refractivity contribution in [1.29, 1.82) is 0 Å². The molecule has 1 unspecified atom stereocenters. The first-order chi connectivity index (χ1) is 9.36. The molecule has 1 N–H and O–H groups in total. The molecule has 0 saturated heterocycles.